The Kier molecular flexibility index (Phi) is 3.42. The maximum Gasteiger partial charge on any atom is 0.261 e. The molecule has 0 atom stereocenters. The molecule has 1 saturated heterocycles. The van der Waals surface area contributed by atoms with Crippen LogP contribution >= 0.6 is 0 Å². The molecule has 2 aliphatic rings. The average Bonchev–Trinajstić information content (AvgIpc) is 3.06. The number of hydrogen-bond donors (Lipinski definition) is 1. The van der Waals surface area contributed by atoms with Crippen molar-refractivity contribution in [2.24, 2.45) is 5.73 Å². The fraction of sp³-hybridized carbons (Fsp3) is 0.600. The Hall–Kier alpha value is -1.20. The number of nitrogens with two attached hydrogens (primary N) is 1. The number of likely N-dealkylation sites (tertiary alicyclic amines) is 1. The van der Waals surface area contributed by atoms with Crippen LogP contribution in [0.5, 0.6) is 5.75 Å². The average molecular weight is 282 g/mol. The third-order valence-electron chi connectivity index (χ3n) is 4.13. The molecule has 2 N–H and O–H groups in total. The Morgan fingerprint density at radius 2 is 1.95 bits per heavy atom. The van der Waals surface area contributed by atoms with E-state index >= 15 is 0 Å². The maximum absolute atomic E-state index is 13.1. The van der Waals surface area contributed by atoms with Gasteiger partial charge in [-0.15, -0.1) is 0 Å². The van der Waals surface area contributed by atoms with Crippen molar-refractivity contribution in [3.63, 3.8) is 0 Å². The van der Waals surface area contributed by atoms with E-state index in [1.54, 1.807) is 4.90 Å². The van der Waals surface area contributed by atoms with Crippen LogP contribution in [0.4, 0.5) is 8.78 Å². The standard InChI is InChI=1S/C15H20F2N2O/c16-15(17)7-8-19(11-15)9-10-20-13-4-2-1-3-12(13)14(18)5-6-14/h1-4H,5-11,18H2. The van der Waals surface area contributed by atoms with Crippen LogP contribution in [0.25, 0.3) is 0 Å². The minimum Gasteiger partial charge on any atom is -0.492 e. The first kappa shape index (κ1) is 13.8. The van der Waals surface area contributed by atoms with Gasteiger partial charge in [-0.25, -0.2) is 8.78 Å². The Morgan fingerprint density at radius 3 is 2.60 bits per heavy atom. The first-order valence-electron chi connectivity index (χ1n) is 7.10. The number of benzene rings is 1. The van der Waals surface area contributed by atoms with Crippen molar-refractivity contribution in [3.05, 3.63) is 29.8 Å². The van der Waals surface area contributed by atoms with Crippen molar-refractivity contribution in [1.82, 2.24) is 4.90 Å². The van der Waals surface area contributed by atoms with E-state index in [0.29, 0.717) is 19.7 Å². The maximum atomic E-state index is 13.1. The van der Waals surface area contributed by atoms with Gasteiger partial charge < -0.3 is 10.5 Å². The Labute approximate surface area is 117 Å². The van der Waals surface area contributed by atoms with E-state index in [2.05, 4.69) is 0 Å². The number of ether oxygens (including phenoxy) is 1. The normalized spacial score (nSPS) is 23.8. The van der Waals surface area contributed by atoms with Crippen molar-refractivity contribution < 1.29 is 13.5 Å². The van der Waals surface area contributed by atoms with Gasteiger partial charge in [0.15, 0.2) is 0 Å². The Morgan fingerprint density at radius 1 is 1.20 bits per heavy atom. The lowest BCUT2D eigenvalue weighted by molar-refractivity contribution is 0.0112. The van der Waals surface area contributed by atoms with Crippen LogP contribution < -0.4 is 10.5 Å². The first-order chi connectivity index (χ1) is 9.49. The molecule has 0 amide bonds. The summed E-state index contributed by atoms with van der Waals surface area (Å²) in [6.45, 7) is 1.24. The number of hydrogen-bond acceptors (Lipinski definition) is 3. The van der Waals surface area contributed by atoms with Crippen LogP contribution in [0.2, 0.25) is 0 Å². The zero-order valence-electron chi connectivity index (χ0n) is 11.4. The summed E-state index contributed by atoms with van der Waals surface area (Å²) in [5.74, 6) is -1.74. The van der Waals surface area contributed by atoms with Crippen LogP contribution in [-0.2, 0) is 5.54 Å². The number of rotatable bonds is 5. The SMILES string of the molecule is NC1(c2ccccc2OCCN2CCC(F)(F)C2)CC1. The van der Waals surface area contributed by atoms with Gasteiger partial charge in [-0.1, -0.05) is 18.2 Å². The molecule has 1 aromatic carbocycles. The van der Waals surface area contributed by atoms with Gasteiger partial charge in [-0.05, 0) is 18.9 Å². The molecule has 0 bridgehead atoms. The third-order valence-corrected chi connectivity index (χ3v) is 4.13. The predicted molar refractivity (Wildman–Crippen MR) is 73.0 cm³/mol. The van der Waals surface area contributed by atoms with Gasteiger partial charge in [0.2, 0.25) is 0 Å². The van der Waals surface area contributed by atoms with Gasteiger partial charge >= 0.3 is 0 Å². The minimum absolute atomic E-state index is 0.0461. The highest BCUT2D eigenvalue weighted by Crippen LogP contribution is 2.46. The zero-order valence-corrected chi connectivity index (χ0v) is 11.4. The summed E-state index contributed by atoms with van der Waals surface area (Å²) in [5.41, 5.74) is 7.00. The monoisotopic (exact) mass is 282 g/mol. The van der Waals surface area contributed by atoms with Gasteiger partial charge in [-0.3, -0.25) is 4.90 Å². The van der Waals surface area contributed by atoms with Crippen molar-refractivity contribution >= 4 is 0 Å². The highest BCUT2D eigenvalue weighted by atomic mass is 19.3. The summed E-state index contributed by atoms with van der Waals surface area (Å²) in [5, 5.41) is 0. The molecule has 5 heteroatoms. The lowest BCUT2D eigenvalue weighted by Gasteiger charge is -2.19. The van der Waals surface area contributed by atoms with Gasteiger partial charge in [0.1, 0.15) is 12.4 Å². The lowest BCUT2D eigenvalue weighted by atomic mass is 10.1. The minimum atomic E-state index is -2.53. The highest BCUT2D eigenvalue weighted by molar-refractivity contribution is 5.42. The van der Waals surface area contributed by atoms with Crippen LogP contribution in [0.3, 0.4) is 0 Å². The van der Waals surface area contributed by atoms with E-state index in [1.165, 1.54) is 0 Å². The second-order valence-electron chi connectivity index (χ2n) is 5.88. The van der Waals surface area contributed by atoms with Crippen molar-refractivity contribution in [2.75, 3.05) is 26.2 Å². The summed E-state index contributed by atoms with van der Waals surface area (Å²) < 4.78 is 31.9. The molecule has 3 rings (SSSR count). The molecule has 0 aromatic heterocycles. The second-order valence-corrected chi connectivity index (χ2v) is 5.88. The molecule has 2 fully saturated rings. The zero-order chi connectivity index (χ0) is 14.2. The molecular formula is C15H20F2N2O. The molecule has 0 spiro atoms. The predicted octanol–water partition coefficient (Wildman–Crippen LogP) is 2.35. The quantitative estimate of drug-likeness (QED) is 0.901. The topological polar surface area (TPSA) is 38.5 Å². The molecule has 1 aromatic rings. The van der Waals surface area contributed by atoms with Gasteiger partial charge in [0, 0.05) is 30.6 Å². The van der Waals surface area contributed by atoms with Crippen molar-refractivity contribution in [2.45, 2.75) is 30.7 Å². The van der Waals surface area contributed by atoms with Crippen LogP contribution in [0, 0.1) is 0 Å². The molecular weight excluding hydrogens is 262 g/mol. The number of para-hydroxylation sites is 1. The Bertz CT molecular complexity index is 489. The van der Waals surface area contributed by atoms with Crippen LogP contribution in [-0.4, -0.2) is 37.1 Å². The number of alkyl halides is 2. The van der Waals surface area contributed by atoms with E-state index < -0.39 is 5.92 Å². The van der Waals surface area contributed by atoms with E-state index in [9.17, 15) is 8.78 Å². The van der Waals surface area contributed by atoms with Crippen molar-refractivity contribution in [1.29, 1.82) is 0 Å². The lowest BCUT2D eigenvalue weighted by Crippen LogP contribution is -2.29. The smallest absolute Gasteiger partial charge is 0.261 e. The first-order valence-corrected chi connectivity index (χ1v) is 7.10. The molecule has 20 heavy (non-hydrogen) atoms. The molecule has 1 heterocycles. The van der Waals surface area contributed by atoms with Crippen LogP contribution in [0.1, 0.15) is 24.8 Å². The summed E-state index contributed by atoms with van der Waals surface area (Å²) in [7, 11) is 0. The van der Waals surface area contributed by atoms with Crippen LogP contribution in [0.15, 0.2) is 24.3 Å². The van der Waals surface area contributed by atoms with E-state index in [0.717, 1.165) is 24.2 Å². The second kappa shape index (κ2) is 4.97. The molecule has 0 unspecified atom stereocenters. The molecule has 1 saturated carbocycles. The van der Waals surface area contributed by atoms with E-state index in [1.807, 2.05) is 24.3 Å². The summed E-state index contributed by atoms with van der Waals surface area (Å²) >= 11 is 0. The summed E-state index contributed by atoms with van der Waals surface area (Å²) in [6, 6.07) is 7.76. The van der Waals surface area contributed by atoms with Gasteiger partial charge in [-0.2, -0.15) is 0 Å². The molecule has 1 aliphatic carbocycles. The fourth-order valence-electron chi connectivity index (χ4n) is 2.69. The molecule has 110 valence electrons. The fourth-order valence-corrected chi connectivity index (χ4v) is 2.69. The van der Waals surface area contributed by atoms with E-state index in [4.69, 9.17) is 10.5 Å². The number of nitrogens with zero attached hydrogens (tertiary/aromatic N) is 1. The molecule has 3 nitrogen and oxygen atoms in total. The van der Waals surface area contributed by atoms with Crippen molar-refractivity contribution in [3.8, 4) is 5.75 Å². The largest absolute Gasteiger partial charge is 0.492 e. The van der Waals surface area contributed by atoms with E-state index in [-0.39, 0.29) is 18.5 Å². The van der Waals surface area contributed by atoms with Gasteiger partial charge in [0.05, 0.1) is 6.54 Å². The summed E-state index contributed by atoms with van der Waals surface area (Å²) in [6.07, 6.45) is 1.91. The Balaban J connectivity index is 1.54. The molecule has 1 aliphatic heterocycles. The van der Waals surface area contributed by atoms with Gasteiger partial charge in [0.25, 0.3) is 5.92 Å². The highest BCUT2D eigenvalue weighted by Gasteiger charge is 2.42. The number of halogens is 2. The third kappa shape index (κ3) is 2.94. The summed E-state index contributed by atoms with van der Waals surface area (Å²) in [4.78, 5) is 1.75. The molecule has 0 radical (unpaired) electrons.